The van der Waals surface area contributed by atoms with E-state index in [1.807, 2.05) is 115 Å². The first kappa shape index (κ1) is 23.2. The van der Waals surface area contributed by atoms with Crippen LogP contribution in [0.1, 0.15) is 0 Å². The van der Waals surface area contributed by atoms with Crippen LogP contribution in [0.4, 0.5) is 0 Å². The Morgan fingerprint density at radius 2 is 1.02 bits per heavy atom. The van der Waals surface area contributed by atoms with Crippen molar-refractivity contribution in [2.75, 3.05) is 0 Å². The maximum Gasteiger partial charge on any atom is 0.164 e. The number of hydrogen-bond acceptors (Lipinski definition) is 6. The van der Waals surface area contributed by atoms with E-state index >= 15 is 0 Å². The minimum atomic E-state index is 0.607. The quantitative estimate of drug-likeness (QED) is 0.229. The molecule has 0 N–H and O–H groups in total. The number of benzene rings is 5. The van der Waals surface area contributed by atoms with Gasteiger partial charge >= 0.3 is 0 Å². The maximum atomic E-state index is 6.27. The molecule has 8 aromatic rings. The molecule has 0 unspecified atom stereocenters. The Bertz CT molecular complexity index is 2150. The van der Waals surface area contributed by atoms with E-state index in [9.17, 15) is 0 Å². The van der Waals surface area contributed by atoms with Crippen molar-refractivity contribution in [1.29, 1.82) is 0 Å². The van der Waals surface area contributed by atoms with Crippen molar-refractivity contribution in [2.45, 2.75) is 0 Å². The number of nitrogens with zero attached hydrogens (tertiary/aromatic N) is 5. The molecule has 0 aliphatic carbocycles. The number of hydrogen-bond donors (Lipinski definition) is 0. The highest BCUT2D eigenvalue weighted by Crippen LogP contribution is 2.34. The molecule has 0 atom stereocenters. The molecule has 41 heavy (non-hydrogen) atoms. The van der Waals surface area contributed by atoms with E-state index in [0.717, 1.165) is 55.1 Å². The van der Waals surface area contributed by atoms with Gasteiger partial charge in [-0.2, -0.15) is 0 Å². The van der Waals surface area contributed by atoms with Gasteiger partial charge in [-0.3, -0.25) is 0 Å². The van der Waals surface area contributed by atoms with Crippen LogP contribution >= 0.6 is 0 Å². The van der Waals surface area contributed by atoms with Crippen LogP contribution in [-0.2, 0) is 0 Å². The number of para-hydroxylation sites is 1. The van der Waals surface area contributed by atoms with Gasteiger partial charge in [-0.05, 0) is 36.4 Å². The average Bonchev–Trinajstić information content (AvgIpc) is 3.42. The second-order valence-electron chi connectivity index (χ2n) is 9.81. The number of rotatable bonds is 4. The summed E-state index contributed by atoms with van der Waals surface area (Å²) in [5.41, 5.74) is 6.14. The van der Waals surface area contributed by atoms with Crippen LogP contribution in [0, 0.1) is 0 Å². The molecule has 0 fully saturated rings. The average molecular weight is 528 g/mol. The normalized spacial score (nSPS) is 11.4. The topological polar surface area (TPSA) is 77.6 Å². The summed E-state index contributed by atoms with van der Waals surface area (Å²) >= 11 is 0. The van der Waals surface area contributed by atoms with Gasteiger partial charge in [0.15, 0.2) is 23.3 Å². The predicted molar refractivity (Wildman–Crippen MR) is 162 cm³/mol. The third-order valence-electron chi connectivity index (χ3n) is 7.18. The Kier molecular flexibility index (Phi) is 5.35. The lowest BCUT2D eigenvalue weighted by Crippen LogP contribution is -2.00. The molecule has 6 heteroatoms. The molecular weight excluding hydrogens is 506 g/mol. The Hall–Kier alpha value is -5.75. The second kappa shape index (κ2) is 9.47. The molecule has 0 saturated heterocycles. The van der Waals surface area contributed by atoms with Crippen LogP contribution in [0.25, 0.3) is 78.4 Å². The van der Waals surface area contributed by atoms with Crippen molar-refractivity contribution in [2.24, 2.45) is 0 Å². The van der Waals surface area contributed by atoms with Gasteiger partial charge in [0.25, 0.3) is 0 Å². The van der Waals surface area contributed by atoms with Gasteiger partial charge in [0, 0.05) is 44.6 Å². The highest BCUT2D eigenvalue weighted by molar-refractivity contribution is 6.07. The van der Waals surface area contributed by atoms with E-state index in [0.29, 0.717) is 23.3 Å². The molecule has 3 heterocycles. The highest BCUT2D eigenvalue weighted by Gasteiger charge is 2.15. The van der Waals surface area contributed by atoms with Crippen LogP contribution in [-0.4, -0.2) is 24.9 Å². The molecule has 0 amide bonds. The summed E-state index contributed by atoms with van der Waals surface area (Å²) < 4.78 is 6.27. The van der Waals surface area contributed by atoms with Crippen LogP contribution in [0.3, 0.4) is 0 Å². The predicted octanol–water partition coefficient (Wildman–Crippen LogP) is 8.38. The first-order valence-corrected chi connectivity index (χ1v) is 13.3. The first-order chi connectivity index (χ1) is 20.3. The van der Waals surface area contributed by atoms with Gasteiger partial charge in [0.1, 0.15) is 11.2 Å². The number of furan rings is 1. The van der Waals surface area contributed by atoms with Gasteiger partial charge < -0.3 is 4.42 Å². The third-order valence-corrected chi connectivity index (χ3v) is 7.18. The minimum Gasteiger partial charge on any atom is -0.456 e. The lowest BCUT2D eigenvalue weighted by Gasteiger charge is -2.08. The van der Waals surface area contributed by atoms with E-state index in [2.05, 4.69) is 17.1 Å². The van der Waals surface area contributed by atoms with Crippen molar-refractivity contribution in [3.05, 3.63) is 128 Å². The van der Waals surface area contributed by atoms with E-state index in [-0.39, 0.29) is 0 Å². The fourth-order valence-electron chi connectivity index (χ4n) is 5.10. The Morgan fingerprint density at radius 3 is 1.76 bits per heavy atom. The van der Waals surface area contributed by atoms with Crippen molar-refractivity contribution in [3.63, 3.8) is 0 Å². The molecule has 192 valence electrons. The molecule has 3 aromatic heterocycles. The summed E-state index contributed by atoms with van der Waals surface area (Å²) in [6.45, 7) is 0. The number of fused-ring (bicyclic) bond motifs is 4. The molecule has 0 aliphatic heterocycles. The van der Waals surface area contributed by atoms with Crippen molar-refractivity contribution >= 4 is 32.8 Å². The van der Waals surface area contributed by atoms with Crippen molar-refractivity contribution in [3.8, 4) is 45.6 Å². The maximum absolute atomic E-state index is 6.27. The lowest BCUT2D eigenvalue weighted by molar-refractivity contribution is 0.669. The standard InChI is InChI=1S/C35H21N5O/c1-3-9-22(10-4-1)33-38-34(23-11-5-2-6-12-23)40-35(39-33)24-16-18-30-28(19-24)27-17-15-25(20-31(27)41-30)32-36-21-26-13-7-8-14-29(26)37-32/h1-21H. The van der Waals surface area contributed by atoms with Gasteiger partial charge in [0.05, 0.1) is 5.52 Å². The monoisotopic (exact) mass is 527 g/mol. The van der Waals surface area contributed by atoms with Crippen LogP contribution in [0.2, 0.25) is 0 Å². The zero-order valence-electron chi connectivity index (χ0n) is 21.8. The Balaban J connectivity index is 1.25. The Labute approximate surface area is 235 Å². The minimum absolute atomic E-state index is 0.607. The van der Waals surface area contributed by atoms with Crippen LogP contribution < -0.4 is 0 Å². The van der Waals surface area contributed by atoms with E-state index in [1.54, 1.807) is 0 Å². The van der Waals surface area contributed by atoms with Gasteiger partial charge in [-0.1, -0.05) is 84.9 Å². The highest BCUT2D eigenvalue weighted by atomic mass is 16.3. The van der Waals surface area contributed by atoms with Crippen molar-refractivity contribution < 1.29 is 4.42 Å². The summed E-state index contributed by atoms with van der Waals surface area (Å²) in [5.74, 6) is 2.53. The molecule has 0 spiro atoms. The van der Waals surface area contributed by atoms with Gasteiger partial charge in [-0.15, -0.1) is 0 Å². The van der Waals surface area contributed by atoms with Crippen LogP contribution in [0.5, 0.6) is 0 Å². The van der Waals surface area contributed by atoms with E-state index in [1.165, 1.54) is 0 Å². The van der Waals surface area contributed by atoms with Gasteiger partial charge in [-0.25, -0.2) is 24.9 Å². The summed E-state index contributed by atoms with van der Waals surface area (Å²) in [5, 5.41) is 3.01. The van der Waals surface area contributed by atoms with Gasteiger partial charge in [0.2, 0.25) is 0 Å². The second-order valence-corrected chi connectivity index (χ2v) is 9.81. The molecule has 0 bridgehead atoms. The summed E-state index contributed by atoms with van der Waals surface area (Å²) in [6, 6.07) is 40.1. The molecule has 0 saturated carbocycles. The lowest BCUT2D eigenvalue weighted by atomic mass is 10.1. The summed E-state index contributed by atoms with van der Waals surface area (Å²) in [6.07, 6.45) is 1.86. The van der Waals surface area contributed by atoms with E-state index in [4.69, 9.17) is 24.4 Å². The summed E-state index contributed by atoms with van der Waals surface area (Å²) in [4.78, 5) is 23.9. The zero-order valence-corrected chi connectivity index (χ0v) is 21.8. The smallest absolute Gasteiger partial charge is 0.164 e. The molecule has 0 radical (unpaired) electrons. The molecule has 5 aromatic carbocycles. The fourth-order valence-corrected chi connectivity index (χ4v) is 5.10. The zero-order chi connectivity index (χ0) is 27.2. The first-order valence-electron chi connectivity index (χ1n) is 13.3. The Morgan fingerprint density at radius 1 is 0.415 bits per heavy atom. The van der Waals surface area contributed by atoms with Crippen LogP contribution in [0.15, 0.2) is 132 Å². The third kappa shape index (κ3) is 4.19. The SMILES string of the molecule is c1ccc(-c2nc(-c3ccccc3)nc(-c3ccc4oc5cc(-c6ncc7ccccc7n6)ccc5c4c3)n2)cc1. The molecular formula is C35H21N5O. The van der Waals surface area contributed by atoms with E-state index < -0.39 is 0 Å². The van der Waals surface area contributed by atoms with Crippen molar-refractivity contribution in [1.82, 2.24) is 24.9 Å². The molecule has 0 aliphatic rings. The fraction of sp³-hybridized carbons (Fsp3) is 0. The largest absolute Gasteiger partial charge is 0.456 e. The number of aromatic nitrogens is 5. The summed E-state index contributed by atoms with van der Waals surface area (Å²) in [7, 11) is 0. The molecule has 8 rings (SSSR count). The molecule has 6 nitrogen and oxygen atoms in total.